The molecule has 0 saturated heterocycles. The molecule has 0 spiro atoms. The van der Waals surface area contributed by atoms with Crippen LogP contribution in [0.25, 0.3) is 0 Å². The standard InChI is InChI=1S/C15H14F2N2O/c1-10(18-12-5-3-2-4-6-12)15(20)19-14-8-7-11(16)9-13(14)17/h2-10,18H,1H3,(H,19,20). The number of para-hydroxylation sites is 1. The summed E-state index contributed by atoms with van der Waals surface area (Å²) in [6.45, 7) is 1.66. The van der Waals surface area contributed by atoms with E-state index in [0.717, 1.165) is 17.8 Å². The maximum absolute atomic E-state index is 13.4. The fourth-order valence-corrected chi connectivity index (χ4v) is 1.68. The first-order valence-electron chi connectivity index (χ1n) is 6.14. The average molecular weight is 276 g/mol. The fourth-order valence-electron chi connectivity index (χ4n) is 1.68. The van der Waals surface area contributed by atoms with Crippen molar-refractivity contribution in [2.45, 2.75) is 13.0 Å². The van der Waals surface area contributed by atoms with Crippen molar-refractivity contribution in [2.24, 2.45) is 0 Å². The van der Waals surface area contributed by atoms with Crippen LogP contribution in [-0.2, 0) is 4.79 Å². The molecule has 0 radical (unpaired) electrons. The van der Waals surface area contributed by atoms with Crippen molar-refractivity contribution in [3.8, 4) is 0 Å². The molecule has 1 amide bonds. The third kappa shape index (κ3) is 3.54. The topological polar surface area (TPSA) is 41.1 Å². The minimum atomic E-state index is -0.801. The number of halogens is 2. The molecule has 0 saturated carbocycles. The van der Waals surface area contributed by atoms with Gasteiger partial charge in [-0.3, -0.25) is 4.79 Å². The monoisotopic (exact) mass is 276 g/mol. The maximum Gasteiger partial charge on any atom is 0.246 e. The third-order valence-electron chi connectivity index (χ3n) is 2.74. The number of amides is 1. The number of nitrogens with one attached hydrogen (secondary N) is 2. The van der Waals surface area contributed by atoms with Crippen LogP contribution in [0.5, 0.6) is 0 Å². The molecular weight excluding hydrogens is 262 g/mol. The highest BCUT2D eigenvalue weighted by molar-refractivity contribution is 5.96. The number of rotatable bonds is 4. The molecule has 104 valence electrons. The highest BCUT2D eigenvalue weighted by atomic mass is 19.1. The lowest BCUT2D eigenvalue weighted by atomic mass is 10.2. The zero-order valence-corrected chi connectivity index (χ0v) is 10.9. The summed E-state index contributed by atoms with van der Waals surface area (Å²) in [7, 11) is 0. The van der Waals surface area contributed by atoms with E-state index in [1.165, 1.54) is 6.07 Å². The summed E-state index contributed by atoms with van der Waals surface area (Å²) in [4.78, 5) is 11.9. The number of carbonyl (C=O) groups is 1. The Hall–Kier alpha value is -2.43. The lowest BCUT2D eigenvalue weighted by molar-refractivity contribution is -0.116. The van der Waals surface area contributed by atoms with Gasteiger partial charge in [-0.1, -0.05) is 18.2 Å². The van der Waals surface area contributed by atoms with Gasteiger partial charge < -0.3 is 10.6 Å². The van der Waals surface area contributed by atoms with Gasteiger partial charge in [-0.05, 0) is 31.2 Å². The van der Waals surface area contributed by atoms with E-state index in [9.17, 15) is 13.6 Å². The van der Waals surface area contributed by atoms with Crippen LogP contribution in [0, 0.1) is 11.6 Å². The molecule has 2 aromatic rings. The van der Waals surface area contributed by atoms with Gasteiger partial charge in [0, 0.05) is 11.8 Å². The molecule has 2 aromatic carbocycles. The number of hydrogen-bond acceptors (Lipinski definition) is 2. The Morgan fingerprint density at radius 3 is 2.45 bits per heavy atom. The number of hydrogen-bond donors (Lipinski definition) is 2. The van der Waals surface area contributed by atoms with E-state index in [1.54, 1.807) is 6.92 Å². The second kappa shape index (κ2) is 6.14. The van der Waals surface area contributed by atoms with Crippen LogP contribution < -0.4 is 10.6 Å². The number of carbonyl (C=O) groups excluding carboxylic acids is 1. The highest BCUT2D eigenvalue weighted by Crippen LogP contribution is 2.15. The second-order valence-electron chi connectivity index (χ2n) is 4.35. The largest absolute Gasteiger partial charge is 0.374 e. The van der Waals surface area contributed by atoms with E-state index in [4.69, 9.17) is 0 Å². The molecule has 0 heterocycles. The molecule has 0 aliphatic rings. The van der Waals surface area contributed by atoms with Crippen LogP contribution in [0.4, 0.5) is 20.2 Å². The summed E-state index contributed by atoms with van der Waals surface area (Å²) in [5.41, 5.74) is 0.743. The van der Waals surface area contributed by atoms with Gasteiger partial charge in [0.25, 0.3) is 0 Å². The number of benzene rings is 2. The molecule has 0 bridgehead atoms. The SMILES string of the molecule is CC(Nc1ccccc1)C(=O)Nc1ccc(F)cc1F. The molecule has 1 unspecified atom stereocenters. The minimum absolute atomic E-state index is 0.0434. The van der Waals surface area contributed by atoms with E-state index >= 15 is 0 Å². The Balaban J connectivity index is 2.01. The van der Waals surface area contributed by atoms with E-state index < -0.39 is 23.6 Å². The number of anilines is 2. The first kappa shape index (κ1) is 14.0. The van der Waals surface area contributed by atoms with Crippen LogP contribution >= 0.6 is 0 Å². The molecule has 5 heteroatoms. The zero-order chi connectivity index (χ0) is 14.5. The Bertz CT molecular complexity index is 602. The highest BCUT2D eigenvalue weighted by Gasteiger charge is 2.14. The Labute approximate surface area is 115 Å². The van der Waals surface area contributed by atoms with Crippen molar-refractivity contribution in [2.75, 3.05) is 10.6 Å². The Morgan fingerprint density at radius 1 is 1.10 bits per heavy atom. The van der Waals surface area contributed by atoms with Gasteiger partial charge in [0.2, 0.25) is 5.91 Å². The maximum atomic E-state index is 13.4. The predicted molar refractivity (Wildman–Crippen MR) is 74.5 cm³/mol. The van der Waals surface area contributed by atoms with Crippen molar-refractivity contribution in [1.82, 2.24) is 0 Å². The van der Waals surface area contributed by atoms with E-state index in [2.05, 4.69) is 10.6 Å². The molecule has 0 fully saturated rings. The van der Waals surface area contributed by atoms with E-state index in [-0.39, 0.29) is 5.69 Å². The first-order chi connectivity index (χ1) is 9.56. The van der Waals surface area contributed by atoms with Gasteiger partial charge >= 0.3 is 0 Å². The van der Waals surface area contributed by atoms with Gasteiger partial charge in [-0.25, -0.2) is 8.78 Å². The van der Waals surface area contributed by atoms with Crippen LogP contribution in [0.1, 0.15) is 6.92 Å². The lowest BCUT2D eigenvalue weighted by Crippen LogP contribution is -2.32. The van der Waals surface area contributed by atoms with Crippen molar-refractivity contribution >= 4 is 17.3 Å². The van der Waals surface area contributed by atoms with Gasteiger partial charge in [0.15, 0.2) is 0 Å². The summed E-state index contributed by atoms with van der Waals surface area (Å²) in [6, 6.07) is 11.6. The van der Waals surface area contributed by atoms with E-state index in [0.29, 0.717) is 0 Å². The molecule has 2 N–H and O–H groups in total. The summed E-state index contributed by atoms with van der Waals surface area (Å²) >= 11 is 0. The van der Waals surface area contributed by atoms with Crippen LogP contribution in [0.3, 0.4) is 0 Å². The van der Waals surface area contributed by atoms with Crippen molar-refractivity contribution in [3.05, 3.63) is 60.2 Å². The Kier molecular flexibility index (Phi) is 4.30. The minimum Gasteiger partial charge on any atom is -0.374 e. The summed E-state index contributed by atoms with van der Waals surface area (Å²) < 4.78 is 26.2. The third-order valence-corrected chi connectivity index (χ3v) is 2.74. The molecule has 0 aromatic heterocycles. The van der Waals surface area contributed by atoms with Crippen LogP contribution in [0.15, 0.2) is 48.5 Å². The summed E-state index contributed by atoms with van der Waals surface area (Å²) in [6.07, 6.45) is 0. The van der Waals surface area contributed by atoms with Gasteiger partial charge in [0.05, 0.1) is 5.69 Å². The van der Waals surface area contributed by atoms with Crippen molar-refractivity contribution < 1.29 is 13.6 Å². The quantitative estimate of drug-likeness (QED) is 0.898. The van der Waals surface area contributed by atoms with Crippen molar-refractivity contribution in [3.63, 3.8) is 0 Å². The molecular formula is C15H14F2N2O. The fraction of sp³-hybridized carbons (Fsp3) is 0.133. The second-order valence-corrected chi connectivity index (χ2v) is 4.35. The van der Waals surface area contributed by atoms with Crippen molar-refractivity contribution in [1.29, 1.82) is 0 Å². The normalized spacial score (nSPS) is 11.8. The van der Waals surface area contributed by atoms with Gasteiger partial charge in [-0.15, -0.1) is 0 Å². The van der Waals surface area contributed by atoms with E-state index in [1.807, 2.05) is 30.3 Å². The van der Waals surface area contributed by atoms with Gasteiger partial charge in [-0.2, -0.15) is 0 Å². The summed E-state index contributed by atoms with van der Waals surface area (Å²) in [5.74, 6) is -1.89. The molecule has 20 heavy (non-hydrogen) atoms. The van der Waals surface area contributed by atoms with Crippen LogP contribution in [-0.4, -0.2) is 11.9 Å². The smallest absolute Gasteiger partial charge is 0.246 e. The zero-order valence-electron chi connectivity index (χ0n) is 10.9. The predicted octanol–water partition coefficient (Wildman–Crippen LogP) is 3.40. The lowest BCUT2D eigenvalue weighted by Gasteiger charge is -2.15. The molecule has 2 rings (SSSR count). The molecule has 1 atom stereocenters. The molecule has 0 aliphatic carbocycles. The molecule has 0 aliphatic heterocycles. The van der Waals surface area contributed by atoms with Gasteiger partial charge in [0.1, 0.15) is 17.7 Å². The van der Waals surface area contributed by atoms with Crippen LogP contribution in [0.2, 0.25) is 0 Å². The first-order valence-corrected chi connectivity index (χ1v) is 6.14. The average Bonchev–Trinajstić information content (AvgIpc) is 2.43. The Morgan fingerprint density at radius 2 is 1.80 bits per heavy atom. The summed E-state index contributed by atoms with van der Waals surface area (Å²) in [5, 5.41) is 5.40. The molecule has 3 nitrogen and oxygen atoms in total.